The summed E-state index contributed by atoms with van der Waals surface area (Å²) in [5.41, 5.74) is 0.213. The van der Waals surface area contributed by atoms with Crippen LogP contribution in [0.25, 0.3) is 5.65 Å². The van der Waals surface area contributed by atoms with E-state index in [9.17, 15) is 9.82 Å². The van der Waals surface area contributed by atoms with Gasteiger partial charge in [0.05, 0.1) is 0 Å². The van der Waals surface area contributed by atoms with E-state index in [1.165, 1.54) is 4.52 Å². The number of H-pyrrole nitrogens is 1. The van der Waals surface area contributed by atoms with Crippen LogP contribution < -0.4 is 15.1 Å². The van der Waals surface area contributed by atoms with Crippen LogP contribution in [-0.2, 0) is 0 Å². The summed E-state index contributed by atoms with van der Waals surface area (Å²) in [5, 5.41) is 12.4. The zero-order valence-electron chi connectivity index (χ0n) is 9.25. The van der Waals surface area contributed by atoms with E-state index in [1.54, 1.807) is 23.9 Å². The molecule has 8 heteroatoms. The summed E-state index contributed by atoms with van der Waals surface area (Å²) in [7, 11) is -0.703. The predicted molar refractivity (Wildman–Crippen MR) is 62.5 cm³/mol. The van der Waals surface area contributed by atoms with Crippen molar-refractivity contribution >= 4 is 18.5 Å². The van der Waals surface area contributed by atoms with E-state index in [-0.39, 0.29) is 11.3 Å². The molecule has 2 N–H and O–H groups in total. The van der Waals surface area contributed by atoms with Crippen LogP contribution >= 0.6 is 0 Å². The zero-order chi connectivity index (χ0) is 12.0. The second-order valence-electron chi connectivity index (χ2n) is 3.90. The third kappa shape index (κ3) is 1.41. The molecule has 0 radical (unpaired) electrons. The monoisotopic (exact) mass is 234 g/mol. The standard InChI is InChI=1S/C9H11BN4O3/c1-10(16)13-4-5-17-7-8(13)12-6-2-3-11-14(6)9(7)15/h2-3,11,16H,4-5H2,1H3. The SMILES string of the molecule is CB(O)N1CCOc2c1nc1cc[nH]n1c2=O. The van der Waals surface area contributed by atoms with Crippen molar-refractivity contribution in [1.82, 2.24) is 14.6 Å². The van der Waals surface area contributed by atoms with Crippen molar-refractivity contribution in [2.75, 3.05) is 18.0 Å². The van der Waals surface area contributed by atoms with Crippen LogP contribution in [0.4, 0.5) is 5.82 Å². The van der Waals surface area contributed by atoms with E-state index in [1.807, 2.05) is 0 Å². The topological polar surface area (TPSA) is 82.9 Å². The normalized spacial score (nSPS) is 14.6. The van der Waals surface area contributed by atoms with Crippen molar-refractivity contribution in [3.8, 4) is 5.75 Å². The Hall–Kier alpha value is -1.96. The molecule has 0 saturated carbocycles. The number of rotatable bonds is 1. The number of hydrogen-bond acceptors (Lipinski definition) is 5. The first-order valence-electron chi connectivity index (χ1n) is 5.36. The summed E-state index contributed by atoms with van der Waals surface area (Å²) in [6.07, 6.45) is 1.63. The van der Waals surface area contributed by atoms with Crippen molar-refractivity contribution in [3.05, 3.63) is 22.6 Å². The second-order valence-corrected chi connectivity index (χ2v) is 3.90. The number of fused-ring (bicyclic) bond motifs is 2. The summed E-state index contributed by atoms with van der Waals surface area (Å²) in [4.78, 5) is 18.0. The van der Waals surface area contributed by atoms with Crippen molar-refractivity contribution in [1.29, 1.82) is 0 Å². The van der Waals surface area contributed by atoms with E-state index < -0.39 is 7.05 Å². The number of hydrogen-bond donors (Lipinski definition) is 2. The van der Waals surface area contributed by atoms with Crippen LogP contribution in [0.3, 0.4) is 0 Å². The molecule has 7 nitrogen and oxygen atoms in total. The lowest BCUT2D eigenvalue weighted by Crippen LogP contribution is -2.45. The quantitative estimate of drug-likeness (QED) is 0.639. The van der Waals surface area contributed by atoms with Crippen LogP contribution in [0.5, 0.6) is 5.75 Å². The summed E-state index contributed by atoms with van der Waals surface area (Å²) in [5.74, 6) is 0.577. The van der Waals surface area contributed by atoms with E-state index in [0.29, 0.717) is 24.6 Å². The van der Waals surface area contributed by atoms with Gasteiger partial charge in [-0.05, 0) is 6.82 Å². The third-order valence-electron chi connectivity index (χ3n) is 2.79. The zero-order valence-corrected chi connectivity index (χ0v) is 9.25. The predicted octanol–water partition coefficient (Wildman–Crippen LogP) is -0.668. The van der Waals surface area contributed by atoms with Gasteiger partial charge in [0.25, 0.3) is 0 Å². The first kappa shape index (κ1) is 10.2. The van der Waals surface area contributed by atoms with E-state index in [4.69, 9.17) is 4.74 Å². The maximum Gasteiger partial charge on any atom is 0.410 e. The van der Waals surface area contributed by atoms with Crippen LogP contribution in [-0.4, -0.2) is 39.8 Å². The van der Waals surface area contributed by atoms with E-state index in [2.05, 4.69) is 10.1 Å². The fourth-order valence-electron chi connectivity index (χ4n) is 1.97. The fraction of sp³-hybridized carbons (Fsp3) is 0.333. The molecule has 1 aliphatic heterocycles. The lowest BCUT2D eigenvalue weighted by atomic mass is 9.84. The third-order valence-corrected chi connectivity index (χ3v) is 2.79. The molecule has 2 aromatic rings. The number of ether oxygens (including phenoxy) is 1. The lowest BCUT2D eigenvalue weighted by Gasteiger charge is -2.30. The number of anilines is 1. The smallest absolute Gasteiger partial charge is 0.410 e. The second kappa shape index (κ2) is 3.52. The lowest BCUT2D eigenvalue weighted by molar-refractivity contribution is 0.305. The molecular formula is C9H11BN4O3. The molecule has 0 amide bonds. The van der Waals surface area contributed by atoms with Gasteiger partial charge in [0.1, 0.15) is 6.61 Å². The van der Waals surface area contributed by atoms with Gasteiger partial charge < -0.3 is 14.6 Å². The highest BCUT2D eigenvalue weighted by Crippen LogP contribution is 2.26. The van der Waals surface area contributed by atoms with Crippen LogP contribution in [0, 0.1) is 0 Å². The minimum Gasteiger partial charge on any atom is -0.483 e. The van der Waals surface area contributed by atoms with Gasteiger partial charge in [-0.2, -0.15) is 4.52 Å². The Morgan fingerprint density at radius 3 is 3.24 bits per heavy atom. The van der Waals surface area contributed by atoms with Gasteiger partial charge in [-0.25, -0.2) is 4.98 Å². The molecule has 0 aromatic carbocycles. The number of nitrogens with one attached hydrogen (secondary N) is 1. The minimum absolute atomic E-state index is 0.178. The Kier molecular flexibility index (Phi) is 2.12. The molecule has 0 spiro atoms. The number of aromatic amines is 1. The molecule has 88 valence electrons. The minimum atomic E-state index is -0.703. The molecule has 3 rings (SSSR count). The highest BCUT2D eigenvalue weighted by Gasteiger charge is 2.28. The van der Waals surface area contributed by atoms with Gasteiger partial charge in [0.15, 0.2) is 11.5 Å². The van der Waals surface area contributed by atoms with Crippen molar-refractivity contribution in [2.45, 2.75) is 6.82 Å². The van der Waals surface area contributed by atoms with Crippen molar-refractivity contribution in [2.24, 2.45) is 0 Å². The number of aromatic nitrogens is 3. The summed E-state index contributed by atoms with van der Waals surface area (Å²) >= 11 is 0. The molecular weight excluding hydrogens is 223 g/mol. The summed E-state index contributed by atoms with van der Waals surface area (Å²) in [6, 6.07) is 1.69. The maximum atomic E-state index is 12.1. The van der Waals surface area contributed by atoms with E-state index >= 15 is 0 Å². The Labute approximate surface area is 96.8 Å². The highest BCUT2D eigenvalue weighted by atomic mass is 16.5. The molecule has 0 fully saturated rings. The molecule has 0 aliphatic carbocycles. The molecule has 0 unspecified atom stereocenters. The van der Waals surface area contributed by atoms with E-state index in [0.717, 1.165) is 0 Å². The maximum absolute atomic E-state index is 12.1. The molecule has 0 atom stereocenters. The fourth-order valence-corrected chi connectivity index (χ4v) is 1.97. The summed E-state index contributed by atoms with van der Waals surface area (Å²) < 4.78 is 6.65. The molecule has 2 aromatic heterocycles. The first-order chi connectivity index (χ1) is 8.18. The molecule has 0 saturated heterocycles. The molecule has 17 heavy (non-hydrogen) atoms. The Bertz CT molecular complexity index is 620. The number of nitrogens with zero attached hydrogens (tertiary/aromatic N) is 3. The Morgan fingerprint density at radius 2 is 2.47 bits per heavy atom. The van der Waals surface area contributed by atoms with Crippen LogP contribution in [0.1, 0.15) is 0 Å². The van der Waals surface area contributed by atoms with Crippen LogP contribution in [0.15, 0.2) is 17.1 Å². The van der Waals surface area contributed by atoms with Crippen molar-refractivity contribution in [3.63, 3.8) is 0 Å². The Balaban J connectivity index is 2.29. The van der Waals surface area contributed by atoms with Gasteiger partial charge in [-0.3, -0.25) is 9.89 Å². The highest BCUT2D eigenvalue weighted by molar-refractivity contribution is 6.53. The van der Waals surface area contributed by atoms with Crippen LogP contribution in [0.2, 0.25) is 6.82 Å². The van der Waals surface area contributed by atoms with Gasteiger partial charge in [0, 0.05) is 18.8 Å². The van der Waals surface area contributed by atoms with Gasteiger partial charge in [0.2, 0.25) is 5.75 Å². The summed E-state index contributed by atoms with van der Waals surface area (Å²) in [6.45, 7) is 2.51. The van der Waals surface area contributed by atoms with Gasteiger partial charge >= 0.3 is 12.6 Å². The molecule has 3 heterocycles. The average molecular weight is 234 g/mol. The Morgan fingerprint density at radius 1 is 1.65 bits per heavy atom. The van der Waals surface area contributed by atoms with Crippen molar-refractivity contribution < 1.29 is 9.76 Å². The van der Waals surface area contributed by atoms with Gasteiger partial charge in [-0.15, -0.1) is 0 Å². The largest absolute Gasteiger partial charge is 0.483 e. The first-order valence-corrected chi connectivity index (χ1v) is 5.36. The average Bonchev–Trinajstić information content (AvgIpc) is 2.77. The molecule has 0 bridgehead atoms. The molecule has 1 aliphatic rings. The van der Waals surface area contributed by atoms with Gasteiger partial charge in [-0.1, -0.05) is 0 Å².